The summed E-state index contributed by atoms with van der Waals surface area (Å²) in [6, 6.07) is 10.7. The Morgan fingerprint density at radius 2 is 1.58 bits per heavy atom. The minimum absolute atomic E-state index is 0.0578. The Bertz CT molecular complexity index is 1350. The number of hydrogen-bond donors (Lipinski definition) is 2. The maximum Gasteiger partial charge on any atom is 0.335 e. The van der Waals surface area contributed by atoms with Crippen molar-refractivity contribution in [3.8, 4) is 16.9 Å². The van der Waals surface area contributed by atoms with Crippen molar-refractivity contribution in [2.45, 2.75) is 6.54 Å². The highest BCUT2D eigenvalue weighted by Gasteiger charge is 2.17. The molecule has 0 fully saturated rings. The van der Waals surface area contributed by atoms with Gasteiger partial charge >= 0.3 is 5.97 Å². The van der Waals surface area contributed by atoms with Gasteiger partial charge in [-0.25, -0.2) is 31.4 Å². The molecule has 4 rings (SSSR count). The number of halogens is 5. The summed E-state index contributed by atoms with van der Waals surface area (Å²) < 4.78 is 69.3. The number of nitrogens with one attached hydrogen (secondary N) is 1. The standard InChI is InChI=1S/C23H14F5N3O2/c24-16-6-3-13(9-18(16)26)22-14(10-29-19-8-7-17(25)20(27)21(19)28)11-31(30-22)15-4-1-12(2-5-15)23(32)33/h1-9,11,29H,10H2,(H,32,33). The number of carbonyl (C=O) groups is 1. The number of rotatable bonds is 6. The predicted molar refractivity (Wildman–Crippen MR) is 110 cm³/mol. The van der Waals surface area contributed by atoms with Gasteiger partial charge in [-0.15, -0.1) is 0 Å². The Morgan fingerprint density at radius 1 is 0.879 bits per heavy atom. The molecule has 0 aliphatic heterocycles. The van der Waals surface area contributed by atoms with Gasteiger partial charge in [0.2, 0.25) is 0 Å². The average Bonchev–Trinajstić information content (AvgIpc) is 3.23. The van der Waals surface area contributed by atoms with Crippen LogP contribution in [-0.4, -0.2) is 20.9 Å². The van der Waals surface area contributed by atoms with E-state index in [1.807, 2.05) is 0 Å². The van der Waals surface area contributed by atoms with Crippen LogP contribution in [0.25, 0.3) is 16.9 Å². The van der Waals surface area contributed by atoms with Crippen LogP contribution < -0.4 is 5.32 Å². The normalized spacial score (nSPS) is 10.9. The molecule has 0 aliphatic carbocycles. The summed E-state index contributed by atoms with van der Waals surface area (Å²) in [6.07, 6.45) is 1.51. The third-order valence-corrected chi connectivity index (χ3v) is 4.87. The lowest BCUT2D eigenvalue weighted by Crippen LogP contribution is -2.04. The summed E-state index contributed by atoms with van der Waals surface area (Å²) in [4.78, 5) is 11.1. The average molecular weight is 459 g/mol. The first-order chi connectivity index (χ1) is 15.7. The van der Waals surface area contributed by atoms with E-state index in [9.17, 15) is 26.7 Å². The lowest BCUT2D eigenvalue weighted by molar-refractivity contribution is 0.0697. The second kappa shape index (κ2) is 8.73. The molecule has 0 unspecified atom stereocenters. The van der Waals surface area contributed by atoms with Crippen molar-refractivity contribution >= 4 is 11.7 Å². The molecule has 0 saturated heterocycles. The molecule has 0 aliphatic rings. The predicted octanol–water partition coefficient (Wildman–Crippen LogP) is 5.55. The van der Waals surface area contributed by atoms with Crippen molar-refractivity contribution in [3.05, 3.63) is 101 Å². The van der Waals surface area contributed by atoms with E-state index < -0.39 is 35.1 Å². The van der Waals surface area contributed by atoms with Crippen molar-refractivity contribution in [2.24, 2.45) is 0 Å². The molecule has 0 radical (unpaired) electrons. The Morgan fingerprint density at radius 3 is 2.24 bits per heavy atom. The maximum atomic E-state index is 14.0. The highest BCUT2D eigenvalue weighted by Crippen LogP contribution is 2.27. The Balaban J connectivity index is 1.73. The van der Waals surface area contributed by atoms with Gasteiger partial charge in [-0.3, -0.25) is 0 Å². The highest BCUT2D eigenvalue weighted by atomic mass is 19.2. The Labute approximate surface area is 183 Å². The molecule has 4 aromatic rings. The van der Waals surface area contributed by atoms with Crippen LogP contribution in [0.15, 0.2) is 60.8 Å². The zero-order valence-electron chi connectivity index (χ0n) is 16.6. The van der Waals surface area contributed by atoms with Crippen LogP contribution in [0.5, 0.6) is 0 Å². The van der Waals surface area contributed by atoms with Gasteiger partial charge in [0.05, 0.1) is 22.6 Å². The molecule has 0 saturated carbocycles. The van der Waals surface area contributed by atoms with E-state index in [0.29, 0.717) is 11.3 Å². The van der Waals surface area contributed by atoms with Crippen LogP contribution >= 0.6 is 0 Å². The summed E-state index contributed by atoms with van der Waals surface area (Å²) in [6.45, 7) is -0.121. The fraction of sp³-hybridized carbons (Fsp3) is 0.0435. The highest BCUT2D eigenvalue weighted by molar-refractivity contribution is 5.87. The van der Waals surface area contributed by atoms with Crippen LogP contribution in [0.2, 0.25) is 0 Å². The number of benzene rings is 3. The number of hydrogen-bond acceptors (Lipinski definition) is 3. The van der Waals surface area contributed by atoms with Gasteiger partial charge in [0.25, 0.3) is 0 Å². The van der Waals surface area contributed by atoms with Gasteiger partial charge < -0.3 is 10.4 Å². The molecular formula is C23H14F5N3O2. The number of aromatic nitrogens is 2. The summed E-state index contributed by atoms with van der Waals surface area (Å²) in [5.41, 5.74) is 1.05. The van der Waals surface area contributed by atoms with Gasteiger partial charge in [0.15, 0.2) is 29.1 Å². The topological polar surface area (TPSA) is 67.2 Å². The number of carboxylic acids is 1. The first-order valence-corrected chi connectivity index (χ1v) is 9.49. The zero-order valence-corrected chi connectivity index (χ0v) is 16.6. The van der Waals surface area contributed by atoms with Crippen molar-refractivity contribution in [1.82, 2.24) is 9.78 Å². The van der Waals surface area contributed by atoms with E-state index in [4.69, 9.17) is 5.11 Å². The molecule has 0 bridgehead atoms. The van der Waals surface area contributed by atoms with E-state index in [2.05, 4.69) is 10.4 Å². The van der Waals surface area contributed by atoms with Crippen molar-refractivity contribution in [1.29, 1.82) is 0 Å². The van der Waals surface area contributed by atoms with Crippen molar-refractivity contribution < 1.29 is 31.9 Å². The smallest absolute Gasteiger partial charge is 0.335 e. The molecule has 10 heteroatoms. The lowest BCUT2D eigenvalue weighted by Gasteiger charge is -2.09. The lowest BCUT2D eigenvalue weighted by atomic mass is 10.1. The molecule has 2 N–H and O–H groups in total. The minimum Gasteiger partial charge on any atom is -0.478 e. The van der Waals surface area contributed by atoms with Crippen LogP contribution in [0.1, 0.15) is 15.9 Å². The SMILES string of the molecule is O=C(O)c1ccc(-n2cc(CNc3ccc(F)c(F)c3F)c(-c3ccc(F)c(F)c3)n2)cc1. The van der Waals surface area contributed by atoms with E-state index in [1.165, 1.54) is 41.2 Å². The zero-order chi connectivity index (χ0) is 23.7. The van der Waals surface area contributed by atoms with Gasteiger partial charge in [-0.05, 0) is 54.6 Å². The Kier molecular flexibility index (Phi) is 5.82. The molecule has 168 valence electrons. The second-order valence-electron chi connectivity index (χ2n) is 7.00. The Hall–Kier alpha value is -4.21. The molecule has 33 heavy (non-hydrogen) atoms. The first-order valence-electron chi connectivity index (χ1n) is 9.49. The third kappa shape index (κ3) is 4.40. The van der Waals surface area contributed by atoms with Crippen LogP contribution in [0, 0.1) is 29.1 Å². The van der Waals surface area contributed by atoms with E-state index in [0.717, 1.165) is 24.3 Å². The summed E-state index contributed by atoms with van der Waals surface area (Å²) in [7, 11) is 0. The van der Waals surface area contributed by atoms with E-state index in [1.54, 1.807) is 0 Å². The van der Waals surface area contributed by atoms with Crippen molar-refractivity contribution in [2.75, 3.05) is 5.32 Å². The fourth-order valence-corrected chi connectivity index (χ4v) is 3.17. The molecular weight excluding hydrogens is 445 g/mol. The van der Waals surface area contributed by atoms with Gasteiger partial charge in [0, 0.05) is 23.9 Å². The van der Waals surface area contributed by atoms with Crippen LogP contribution in [0.3, 0.4) is 0 Å². The van der Waals surface area contributed by atoms with Crippen molar-refractivity contribution in [3.63, 3.8) is 0 Å². The van der Waals surface area contributed by atoms with E-state index in [-0.39, 0.29) is 29.1 Å². The molecule has 0 atom stereocenters. The monoisotopic (exact) mass is 459 g/mol. The molecule has 5 nitrogen and oxygen atoms in total. The summed E-state index contributed by atoms with van der Waals surface area (Å²) in [5, 5.41) is 16.1. The number of aromatic carboxylic acids is 1. The summed E-state index contributed by atoms with van der Waals surface area (Å²) >= 11 is 0. The van der Waals surface area contributed by atoms with E-state index >= 15 is 0 Å². The molecule has 0 amide bonds. The van der Waals surface area contributed by atoms with Crippen LogP contribution in [-0.2, 0) is 6.54 Å². The molecule has 0 spiro atoms. The van der Waals surface area contributed by atoms with Gasteiger partial charge in [0.1, 0.15) is 0 Å². The third-order valence-electron chi connectivity index (χ3n) is 4.87. The number of nitrogens with zero attached hydrogens (tertiary/aromatic N) is 2. The quantitative estimate of drug-likeness (QED) is 0.293. The minimum atomic E-state index is -1.63. The fourth-order valence-electron chi connectivity index (χ4n) is 3.17. The number of carboxylic acid groups (broad SMARTS) is 1. The molecule has 1 aromatic heterocycles. The van der Waals surface area contributed by atoms with Gasteiger partial charge in [-0.2, -0.15) is 5.10 Å². The first kappa shape index (κ1) is 22.0. The second-order valence-corrected chi connectivity index (χ2v) is 7.00. The van der Waals surface area contributed by atoms with Crippen LogP contribution in [0.4, 0.5) is 27.6 Å². The molecule has 1 heterocycles. The van der Waals surface area contributed by atoms with Gasteiger partial charge in [-0.1, -0.05) is 0 Å². The largest absolute Gasteiger partial charge is 0.478 e. The summed E-state index contributed by atoms with van der Waals surface area (Å²) in [5.74, 6) is -7.62. The maximum absolute atomic E-state index is 14.0. The molecule has 3 aromatic carbocycles. The number of anilines is 1.